The Balaban J connectivity index is 2.47. The van der Waals surface area contributed by atoms with Gasteiger partial charge in [-0.1, -0.05) is 6.08 Å². The fraction of sp³-hybridized carbons (Fsp3) is 0.667. The lowest BCUT2D eigenvalue weighted by Crippen LogP contribution is -2.48. The molecule has 0 aromatic heterocycles. The van der Waals surface area contributed by atoms with Crippen molar-refractivity contribution in [3.05, 3.63) is 12.2 Å². The molecule has 0 heterocycles. The van der Waals surface area contributed by atoms with E-state index in [0.29, 0.717) is 12.8 Å². The number of hydrogen-bond donors (Lipinski definition) is 4. The Kier molecular flexibility index (Phi) is 4.06. The average molecular weight is 199 g/mol. The smallest absolute Gasteiger partial charge is 0.243 e. The number of aliphatic hydroxyl groups is 1. The zero-order valence-electron chi connectivity index (χ0n) is 8.23. The molecule has 0 aromatic carbocycles. The Morgan fingerprint density at radius 1 is 1.50 bits per heavy atom. The summed E-state index contributed by atoms with van der Waals surface area (Å²) in [5.41, 5.74) is 2.59. The normalized spacial score (nSPS) is 32.4. The van der Waals surface area contributed by atoms with E-state index in [1.807, 2.05) is 0 Å². The third-order valence-electron chi connectivity index (χ3n) is 2.40. The Bertz CT molecular complexity index is 230. The zero-order chi connectivity index (χ0) is 10.6. The van der Waals surface area contributed by atoms with Crippen LogP contribution < -0.4 is 16.6 Å². The fourth-order valence-electron chi connectivity index (χ4n) is 1.74. The van der Waals surface area contributed by atoms with E-state index in [2.05, 4.69) is 10.7 Å². The van der Waals surface area contributed by atoms with Crippen molar-refractivity contribution in [3.63, 3.8) is 0 Å². The molecule has 80 valence electrons. The molecule has 3 atom stereocenters. The second-order valence-electron chi connectivity index (χ2n) is 3.51. The molecule has 0 bridgehead atoms. The average Bonchev–Trinajstić information content (AvgIpc) is 2.46. The zero-order valence-corrected chi connectivity index (χ0v) is 8.23. The van der Waals surface area contributed by atoms with E-state index in [-0.39, 0.29) is 24.1 Å². The van der Waals surface area contributed by atoms with Gasteiger partial charge in [-0.2, -0.15) is 0 Å². The summed E-state index contributed by atoms with van der Waals surface area (Å²) in [4.78, 5) is 11.2. The molecule has 1 amide bonds. The van der Waals surface area contributed by atoms with Gasteiger partial charge in [0, 0.05) is 12.1 Å². The molecule has 5 N–H and O–H groups in total. The molecule has 3 unspecified atom stereocenters. The van der Waals surface area contributed by atoms with Gasteiger partial charge in [0.25, 0.3) is 0 Å². The second kappa shape index (κ2) is 5.09. The largest absolute Gasteiger partial charge is 0.393 e. The van der Waals surface area contributed by atoms with Gasteiger partial charge in [-0.05, 0) is 25.8 Å². The molecule has 0 saturated heterocycles. The van der Waals surface area contributed by atoms with Gasteiger partial charge < -0.3 is 10.4 Å². The molecule has 5 nitrogen and oxygen atoms in total. The van der Waals surface area contributed by atoms with Crippen molar-refractivity contribution in [1.29, 1.82) is 0 Å². The molecule has 1 aliphatic carbocycles. The van der Waals surface area contributed by atoms with Gasteiger partial charge in [0.15, 0.2) is 0 Å². The van der Waals surface area contributed by atoms with Gasteiger partial charge in [0.05, 0.1) is 6.10 Å². The molecule has 0 aliphatic heterocycles. The number of nitrogens with two attached hydrogens (primary N) is 1. The highest BCUT2D eigenvalue weighted by Crippen LogP contribution is 2.19. The van der Waals surface area contributed by atoms with E-state index in [4.69, 9.17) is 5.84 Å². The van der Waals surface area contributed by atoms with Crippen LogP contribution in [0.25, 0.3) is 0 Å². The summed E-state index contributed by atoms with van der Waals surface area (Å²) in [6.45, 7) is 1.78. The number of hydrazine groups is 1. The van der Waals surface area contributed by atoms with Crippen LogP contribution in [0.5, 0.6) is 0 Å². The lowest BCUT2D eigenvalue weighted by molar-refractivity contribution is -0.117. The van der Waals surface area contributed by atoms with E-state index >= 15 is 0 Å². The molecular weight excluding hydrogens is 182 g/mol. The maximum absolute atomic E-state index is 11.2. The van der Waals surface area contributed by atoms with Crippen molar-refractivity contribution in [1.82, 2.24) is 10.7 Å². The summed E-state index contributed by atoms with van der Waals surface area (Å²) < 4.78 is 0. The number of aliphatic hydroxyl groups excluding tert-OH is 1. The Labute approximate surface area is 83.3 Å². The molecule has 14 heavy (non-hydrogen) atoms. The summed E-state index contributed by atoms with van der Waals surface area (Å²) in [7, 11) is 0. The van der Waals surface area contributed by atoms with Crippen molar-refractivity contribution < 1.29 is 9.90 Å². The first-order valence-corrected chi connectivity index (χ1v) is 4.74. The topological polar surface area (TPSA) is 87.4 Å². The minimum atomic E-state index is -0.382. The fourth-order valence-corrected chi connectivity index (χ4v) is 1.74. The van der Waals surface area contributed by atoms with Crippen LogP contribution in [0.3, 0.4) is 0 Å². The Morgan fingerprint density at radius 2 is 2.14 bits per heavy atom. The molecular formula is C9H17N3O2. The van der Waals surface area contributed by atoms with Crippen LogP contribution in [-0.4, -0.2) is 29.2 Å². The van der Waals surface area contributed by atoms with Gasteiger partial charge in [0.2, 0.25) is 5.91 Å². The number of allylic oxidation sites excluding steroid dienone is 1. The highest BCUT2D eigenvalue weighted by atomic mass is 16.3. The lowest BCUT2D eigenvalue weighted by atomic mass is 10.2. The first kappa shape index (κ1) is 11.2. The van der Waals surface area contributed by atoms with Gasteiger partial charge in [-0.15, -0.1) is 0 Å². The van der Waals surface area contributed by atoms with Crippen molar-refractivity contribution >= 4 is 5.91 Å². The summed E-state index contributed by atoms with van der Waals surface area (Å²) in [5.74, 6) is 5.16. The van der Waals surface area contributed by atoms with E-state index in [1.54, 1.807) is 13.0 Å². The second-order valence-corrected chi connectivity index (χ2v) is 3.51. The molecule has 0 aromatic rings. The van der Waals surface area contributed by atoms with Crippen LogP contribution in [-0.2, 0) is 4.79 Å². The Hall–Kier alpha value is -0.910. The first-order valence-electron chi connectivity index (χ1n) is 4.74. The van der Waals surface area contributed by atoms with Crippen LogP contribution in [0.4, 0.5) is 0 Å². The van der Waals surface area contributed by atoms with Crippen LogP contribution in [0.15, 0.2) is 12.2 Å². The van der Waals surface area contributed by atoms with Gasteiger partial charge in [-0.25, -0.2) is 0 Å². The predicted molar refractivity (Wildman–Crippen MR) is 53.1 cm³/mol. The quantitative estimate of drug-likeness (QED) is 0.268. The molecule has 0 spiro atoms. The SMILES string of the molecule is C/C=C\C(=O)NC1CC(O)CC1NN. The highest BCUT2D eigenvalue weighted by molar-refractivity contribution is 5.87. The number of amides is 1. The molecule has 1 fully saturated rings. The van der Waals surface area contributed by atoms with E-state index in [9.17, 15) is 9.90 Å². The van der Waals surface area contributed by atoms with E-state index in [0.717, 1.165) is 0 Å². The minimum Gasteiger partial charge on any atom is -0.393 e. The molecule has 1 rings (SSSR count). The van der Waals surface area contributed by atoms with Crippen molar-refractivity contribution in [2.45, 2.75) is 38.0 Å². The van der Waals surface area contributed by atoms with Gasteiger partial charge in [-0.3, -0.25) is 16.1 Å². The van der Waals surface area contributed by atoms with Gasteiger partial charge >= 0.3 is 0 Å². The summed E-state index contributed by atoms with van der Waals surface area (Å²) in [6.07, 6.45) is 3.88. The maximum atomic E-state index is 11.2. The van der Waals surface area contributed by atoms with Crippen molar-refractivity contribution in [2.75, 3.05) is 0 Å². The summed E-state index contributed by atoms with van der Waals surface area (Å²) in [5, 5.41) is 12.2. The minimum absolute atomic E-state index is 0.0424. The predicted octanol–water partition coefficient (Wildman–Crippen LogP) is -0.966. The molecule has 0 radical (unpaired) electrons. The Morgan fingerprint density at radius 3 is 2.71 bits per heavy atom. The number of nitrogens with one attached hydrogen (secondary N) is 2. The lowest BCUT2D eigenvalue weighted by Gasteiger charge is -2.18. The van der Waals surface area contributed by atoms with Crippen LogP contribution in [0.2, 0.25) is 0 Å². The van der Waals surface area contributed by atoms with Crippen LogP contribution >= 0.6 is 0 Å². The number of hydrogen-bond acceptors (Lipinski definition) is 4. The third-order valence-corrected chi connectivity index (χ3v) is 2.40. The standard InChI is InChI=1S/C9H17N3O2/c1-2-3-9(14)11-7-4-6(13)5-8(7)12-10/h2-3,6-8,12-13H,4-5,10H2,1H3,(H,11,14)/b3-2-. The summed E-state index contributed by atoms with van der Waals surface area (Å²) in [6, 6.07) is -0.127. The number of carbonyl (C=O) groups is 1. The highest BCUT2D eigenvalue weighted by Gasteiger charge is 2.33. The van der Waals surface area contributed by atoms with E-state index < -0.39 is 0 Å². The molecule has 1 aliphatic rings. The maximum Gasteiger partial charge on any atom is 0.243 e. The monoisotopic (exact) mass is 199 g/mol. The van der Waals surface area contributed by atoms with Crippen molar-refractivity contribution in [3.8, 4) is 0 Å². The number of rotatable bonds is 3. The van der Waals surface area contributed by atoms with Crippen molar-refractivity contribution in [2.24, 2.45) is 5.84 Å². The molecule has 5 heteroatoms. The van der Waals surface area contributed by atoms with E-state index in [1.165, 1.54) is 6.08 Å². The van der Waals surface area contributed by atoms with Crippen LogP contribution in [0, 0.1) is 0 Å². The third kappa shape index (κ3) is 2.80. The summed E-state index contributed by atoms with van der Waals surface area (Å²) >= 11 is 0. The molecule has 1 saturated carbocycles. The van der Waals surface area contributed by atoms with Crippen LogP contribution in [0.1, 0.15) is 19.8 Å². The number of carbonyl (C=O) groups excluding carboxylic acids is 1. The first-order chi connectivity index (χ1) is 6.67. The van der Waals surface area contributed by atoms with Gasteiger partial charge in [0.1, 0.15) is 0 Å².